The van der Waals surface area contributed by atoms with Gasteiger partial charge in [0, 0.05) is 18.6 Å². The first-order valence-electron chi connectivity index (χ1n) is 8.33. The number of carbonyl (C=O) groups excluding carboxylic acids is 1. The lowest BCUT2D eigenvalue weighted by molar-refractivity contribution is -0.122. The Kier molecular flexibility index (Phi) is 8.86. The van der Waals surface area contributed by atoms with E-state index in [-0.39, 0.29) is 5.91 Å². The molecule has 4 nitrogen and oxygen atoms in total. The van der Waals surface area contributed by atoms with Crippen LogP contribution in [0.5, 0.6) is 0 Å². The number of unbranched alkanes of at least 4 members (excludes halogenated alkanes) is 2. The van der Waals surface area contributed by atoms with Gasteiger partial charge in [-0.1, -0.05) is 32.6 Å². The largest absolute Gasteiger partial charge is 0.353 e. The summed E-state index contributed by atoms with van der Waals surface area (Å²) in [5.74, 6) is 0.160. The molecular formula is C16H33N3O. The second kappa shape index (κ2) is 10.2. The molecule has 0 aromatic rings. The third-order valence-corrected chi connectivity index (χ3v) is 4.01. The molecule has 1 amide bonds. The fourth-order valence-electron chi connectivity index (χ4n) is 2.86. The van der Waals surface area contributed by atoms with Crippen molar-refractivity contribution in [1.82, 2.24) is 15.5 Å². The molecule has 0 spiro atoms. The van der Waals surface area contributed by atoms with Gasteiger partial charge in [-0.25, -0.2) is 0 Å². The average Bonchev–Trinajstić information content (AvgIpc) is 2.39. The van der Waals surface area contributed by atoms with Gasteiger partial charge >= 0.3 is 0 Å². The van der Waals surface area contributed by atoms with Crippen LogP contribution in [0.4, 0.5) is 0 Å². The zero-order chi connectivity index (χ0) is 14.8. The molecule has 0 aliphatic carbocycles. The second-order valence-corrected chi connectivity index (χ2v) is 6.31. The van der Waals surface area contributed by atoms with Gasteiger partial charge in [-0.15, -0.1) is 0 Å². The van der Waals surface area contributed by atoms with Gasteiger partial charge in [-0.2, -0.15) is 0 Å². The first-order valence-corrected chi connectivity index (χ1v) is 8.33. The molecule has 0 radical (unpaired) electrons. The van der Waals surface area contributed by atoms with Gasteiger partial charge in [-0.3, -0.25) is 9.69 Å². The fourth-order valence-corrected chi connectivity index (χ4v) is 2.86. The number of hydrogen-bond acceptors (Lipinski definition) is 3. The lowest BCUT2D eigenvalue weighted by Crippen LogP contribution is -2.46. The Balaban J connectivity index is 2.13. The molecule has 1 aliphatic rings. The summed E-state index contributed by atoms with van der Waals surface area (Å²) in [5.41, 5.74) is 0. The second-order valence-electron chi connectivity index (χ2n) is 6.31. The highest BCUT2D eigenvalue weighted by Gasteiger charge is 2.16. The molecule has 0 aromatic heterocycles. The summed E-state index contributed by atoms with van der Waals surface area (Å²) in [6, 6.07) is 0.860. The number of amides is 1. The van der Waals surface area contributed by atoms with Crippen molar-refractivity contribution in [2.45, 2.75) is 70.9 Å². The number of rotatable bonds is 9. The number of nitrogens with one attached hydrogen (secondary N) is 2. The number of likely N-dealkylation sites (N-methyl/N-ethyl adjacent to an activating group) is 1. The Morgan fingerprint density at radius 1 is 1.40 bits per heavy atom. The SMILES string of the molecule is CCCCCC(C)NC(=O)CN(C)CC1CCCCN1. The molecule has 2 N–H and O–H groups in total. The molecule has 2 unspecified atom stereocenters. The van der Waals surface area contributed by atoms with Crippen LogP contribution in [0.3, 0.4) is 0 Å². The van der Waals surface area contributed by atoms with Crippen LogP contribution in [0.2, 0.25) is 0 Å². The minimum absolute atomic E-state index is 0.160. The summed E-state index contributed by atoms with van der Waals surface area (Å²) < 4.78 is 0. The molecular weight excluding hydrogens is 250 g/mol. The van der Waals surface area contributed by atoms with Crippen molar-refractivity contribution in [3.63, 3.8) is 0 Å². The Morgan fingerprint density at radius 3 is 2.85 bits per heavy atom. The first kappa shape index (κ1) is 17.4. The lowest BCUT2D eigenvalue weighted by Gasteiger charge is -2.28. The Hall–Kier alpha value is -0.610. The van der Waals surface area contributed by atoms with Crippen LogP contribution in [0, 0.1) is 0 Å². The maximum absolute atomic E-state index is 12.0. The number of piperidine rings is 1. The standard InChI is InChI=1S/C16H33N3O/c1-4-5-6-9-14(2)18-16(20)13-19(3)12-15-10-7-8-11-17-15/h14-15,17H,4-13H2,1-3H3,(H,18,20). The smallest absolute Gasteiger partial charge is 0.234 e. The van der Waals surface area contributed by atoms with E-state index in [2.05, 4.69) is 29.4 Å². The molecule has 0 saturated carbocycles. The van der Waals surface area contributed by atoms with E-state index in [1.54, 1.807) is 0 Å². The van der Waals surface area contributed by atoms with Crippen LogP contribution < -0.4 is 10.6 Å². The number of hydrogen-bond donors (Lipinski definition) is 2. The van der Waals surface area contributed by atoms with E-state index in [0.717, 1.165) is 19.5 Å². The summed E-state index contributed by atoms with van der Waals surface area (Å²) in [5, 5.41) is 6.63. The van der Waals surface area contributed by atoms with Crippen LogP contribution in [0.1, 0.15) is 58.8 Å². The molecule has 1 heterocycles. The maximum Gasteiger partial charge on any atom is 0.234 e. The van der Waals surface area contributed by atoms with E-state index in [1.807, 2.05) is 7.05 Å². The van der Waals surface area contributed by atoms with Crippen molar-refractivity contribution >= 4 is 5.91 Å². The summed E-state index contributed by atoms with van der Waals surface area (Å²) >= 11 is 0. The summed E-state index contributed by atoms with van der Waals surface area (Å²) in [6.07, 6.45) is 8.63. The molecule has 1 rings (SSSR count). The summed E-state index contributed by atoms with van der Waals surface area (Å²) in [6.45, 7) is 6.92. The predicted molar refractivity (Wildman–Crippen MR) is 84.9 cm³/mol. The minimum atomic E-state index is 0.160. The fraction of sp³-hybridized carbons (Fsp3) is 0.938. The molecule has 1 aliphatic heterocycles. The lowest BCUT2D eigenvalue weighted by atomic mass is 10.0. The van der Waals surface area contributed by atoms with Crippen molar-refractivity contribution < 1.29 is 4.79 Å². The van der Waals surface area contributed by atoms with E-state index < -0.39 is 0 Å². The first-order chi connectivity index (χ1) is 9.61. The normalized spacial score (nSPS) is 20.9. The zero-order valence-corrected chi connectivity index (χ0v) is 13.6. The van der Waals surface area contributed by atoms with Crippen molar-refractivity contribution in [3.05, 3.63) is 0 Å². The molecule has 20 heavy (non-hydrogen) atoms. The molecule has 1 saturated heterocycles. The third kappa shape index (κ3) is 7.85. The third-order valence-electron chi connectivity index (χ3n) is 4.01. The highest BCUT2D eigenvalue weighted by atomic mass is 16.2. The van der Waals surface area contributed by atoms with Crippen LogP contribution in [0.25, 0.3) is 0 Å². The van der Waals surface area contributed by atoms with E-state index in [9.17, 15) is 4.79 Å². The van der Waals surface area contributed by atoms with Gasteiger partial charge < -0.3 is 10.6 Å². The highest BCUT2D eigenvalue weighted by Crippen LogP contribution is 2.08. The monoisotopic (exact) mass is 283 g/mol. The average molecular weight is 283 g/mol. The van der Waals surface area contributed by atoms with E-state index in [4.69, 9.17) is 0 Å². The number of carbonyl (C=O) groups is 1. The van der Waals surface area contributed by atoms with Crippen LogP contribution >= 0.6 is 0 Å². The van der Waals surface area contributed by atoms with Crippen molar-refractivity contribution in [2.24, 2.45) is 0 Å². The van der Waals surface area contributed by atoms with Crippen molar-refractivity contribution in [1.29, 1.82) is 0 Å². The molecule has 2 atom stereocenters. The topological polar surface area (TPSA) is 44.4 Å². The van der Waals surface area contributed by atoms with Crippen molar-refractivity contribution in [3.8, 4) is 0 Å². The predicted octanol–water partition coefficient (Wildman–Crippen LogP) is 2.15. The maximum atomic E-state index is 12.0. The highest BCUT2D eigenvalue weighted by molar-refractivity contribution is 5.78. The van der Waals surface area contributed by atoms with Gasteiger partial charge in [0.25, 0.3) is 0 Å². The molecule has 4 heteroatoms. The van der Waals surface area contributed by atoms with E-state index >= 15 is 0 Å². The van der Waals surface area contributed by atoms with E-state index in [0.29, 0.717) is 18.6 Å². The van der Waals surface area contributed by atoms with Gasteiger partial charge in [-0.05, 0) is 39.8 Å². The van der Waals surface area contributed by atoms with Gasteiger partial charge in [0.1, 0.15) is 0 Å². The summed E-state index contributed by atoms with van der Waals surface area (Å²) in [7, 11) is 2.04. The van der Waals surface area contributed by atoms with E-state index in [1.165, 1.54) is 38.5 Å². The van der Waals surface area contributed by atoms with Gasteiger partial charge in [0.05, 0.1) is 6.54 Å². The Labute approximate surface area is 124 Å². The van der Waals surface area contributed by atoms with Crippen molar-refractivity contribution in [2.75, 3.05) is 26.7 Å². The zero-order valence-electron chi connectivity index (χ0n) is 13.6. The Bertz CT molecular complexity index is 264. The minimum Gasteiger partial charge on any atom is -0.353 e. The van der Waals surface area contributed by atoms with Gasteiger partial charge in [0.15, 0.2) is 0 Å². The Morgan fingerprint density at radius 2 is 2.20 bits per heavy atom. The quantitative estimate of drug-likeness (QED) is 0.637. The molecule has 1 fully saturated rings. The molecule has 118 valence electrons. The molecule has 0 bridgehead atoms. The van der Waals surface area contributed by atoms with Gasteiger partial charge in [0.2, 0.25) is 5.91 Å². The molecule has 0 aromatic carbocycles. The number of nitrogens with zero attached hydrogens (tertiary/aromatic N) is 1. The van der Waals surface area contributed by atoms with Crippen LogP contribution in [0.15, 0.2) is 0 Å². The van der Waals surface area contributed by atoms with Crippen LogP contribution in [-0.2, 0) is 4.79 Å². The summed E-state index contributed by atoms with van der Waals surface area (Å²) in [4.78, 5) is 14.1. The van der Waals surface area contributed by atoms with Crippen LogP contribution in [-0.4, -0.2) is 49.6 Å².